The molecule has 0 aromatic heterocycles. The fourth-order valence-corrected chi connectivity index (χ4v) is 6.52. The van der Waals surface area contributed by atoms with Gasteiger partial charge in [-0.25, -0.2) is 0 Å². The highest BCUT2D eigenvalue weighted by Gasteiger charge is 2.46. The van der Waals surface area contributed by atoms with E-state index in [0.717, 1.165) is 56.0 Å². The van der Waals surface area contributed by atoms with Crippen LogP contribution in [0.15, 0.2) is 24.3 Å². The molecule has 1 atom stereocenters. The van der Waals surface area contributed by atoms with Crippen LogP contribution in [0.4, 0.5) is 0 Å². The molecule has 0 spiro atoms. The number of halogens is 1. The maximum Gasteiger partial charge on any atom is 0.233 e. The van der Waals surface area contributed by atoms with Crippen molar-refractivity contribution in [3.8, 4) is 0 Å². The maximum atomic E-state index is 14.1. The quantitative estimate of drug-likeness (QED) is 0.686. The van der Waals surface area contributed by atoms with Crippen LogP contribution in [0, 0.1) is 0 Å². The zero-order valence-electron chi connectivity index (χ0n) is 16.9. The number of rotatable bonds is 4. The molecule has 1 aromatic rings. The molecular weight excluding hydrogens is 388 g/mol. The number of benzene rings is 1. The molecule has 5 heteroatoms. The number of hydrogen-bond acceptors (Lipinski definition) is 3. The number of carbonyl (C=O) groups is 1. The molecule has 4 rings (SSSR count). The topological polar surface area (TPSA) is 23.6 Å². The Labute approximate surface area is 179 Å². The summed E-state index contributed by atoms with van der Waals surface area (Å²) in [5.74, 6) is 2.64. The van der Waals surface area contributed by atoms with Crippen molar-refractivity contribution < 1.29 is 4.79 Å². The first-order valence-electron chi connectivity index (χ1n) is 11.1. The van der Waals surface area contributed by atoms with Gasteiger partial charge in [-0.05, 0) is 68.6 Å². The van der Waals surface area contributed by atoms with Gasteiger partial charge in [0.25, 0.3) is 0 Å². The molecule has 1 saturated carbocycles. The molecule has 3 aliphatic rings. The lowest BCUT2D eigenvalue weighted by molar-refractivity contribution is -0.139. The van der Waals surface area contributed by atoms with Crippen LogP contribution in [-0.2, 0) is 10.2 Å². The second-order valence-electron chi connectivity index (χ2n) is 8.74. The lowest BCUT2D eigenvalue weighted by Crippen LogP contribution is -2.54. The Morgan fingerprint density at radius 1 is 1.00 bits per heavy atom. The van der Waals surface area contributed by atoms with Crippen molar-refractivity contribution in [3.05, 3.63) is 34.9 Å². The molecule has 1 amide bonds. The van der Waals surface area contributed by atoms with Crippen LogP contribution in [-0.4, -0.2) is 59.4 Å². The standard InChI is InChI=1S/C23H33ClN2OS/c24-20-9-7-19(8-10-20)23(11-2-3-12-23)22(27)26-15-6-16-28-18-21(26)17-25-13-4-1-5-14-25/h7-10,21H,1-6,11-18H2. The summed E-state index contributed by atoms with van der Waals surface area (Å²) >= 11 is 8.18. The molecule has 154 valence electrons. The van der Waals surface area contributed by atoms with Crippen molar-refractivity contribution >= 4 is 29.3 Å². The highest BCUT2D eigenvalue weighted by molar-refractivity contribution is 7.99. The van der Waals surface area contributed by atoms with Gasteiger partial charge < -0.3 is 9.80 Å². The second-order valence-corrected chi connectivity index (χ2v) is 10.3. The Balaban J connectivity index is 1.58. The molecule has 0 bridgehead atoms. The Hall–Kier alpha value is -0.710. The van der Waals surface area contributed by atoms with Crippen molar-refractivity contribution in [3.63, 3.8) is 0 Å². The molecule has 3 nitrogen and oxygen atoms in total. The van der Waals surface area contributed by atoms with Crippen LogP contribution in [0.5, 0.6) is 0 Å². The predicted molar refractivity (Wildman–Crippen MR) is 119 cm³/mol. The summed E-state index contributed by atoms with van der Waals surface area (Å²) in [6, 6.07) is 8.44. The second kappa shape index (κ2) is 9.40. The third-order valence-electron chi connectivity index (χ3n) is 6.88. The van der Waals surface area contributed by atoms with Gasteiger partial charge in [0, 0.05) is 23.9 Å². The molecular formula is C23H33ClN2OS. The fraction of sp³-hybridized carbons (Fsp3) is 0.696. The lowest BCUT2D eigenvalue weighted by Gasteiger charge is -2.40. The molecule has 1 aliphatic carbocycles. The third-order valence-corrected chi connectivity index (χ3v) is 8.33. The van der Waals surface area contributed by atoms with Crippen LogP contribution >= 0.6 is 23.4 Å². The first-order chi connectivity index (χ1) is 13.7. The fourth-order valence-electron chi connectivity index (χ4n) is 5.34. The molecule has 3 fully saturated rings. The van der Waals surface area contributed by atoms with Crippen LogP contribution in [0.25, 0.3) is 0 Å². The summed E-state index contributed by atoms with van der Waals surface area (Å²) in [5.41, 5.74) is 0.841. The number of carbonyl (C=O) groups excluding carboxylic acids is 1. The van der Waals surface area contributed by atoms with E-state index in [4.69, 9.17) is 11.6 Å². The van der Waals surface area contributed by atoms with Crippen LogP contribution in [0.3, 0.4) is 0 Å². The molecule has 2 aliphatic heterocycles. The summed E-state index contributed by atoms with van der Waals surface area (Å²) in [6.07, 6.45) is 9.34. The SMILES string of the molecule is O=C(N1CCCSCC1CN1CCCCC1)C1(c2ccc(Cl)cc2)CCCC1. The monoisotopic (exact) mass is 420 g/mol. The van der Waals surface area contributed by atoms with E-state index in [2.05, 4.69) is 21.9 Å². The normalized spacial score (nSPS) is 26.2. The van der Waals surface area contributed by atoms with Crippen molar-refractivity contribution in [1.29, 1.82) is 0 Å². The Morgan fingerprint density at radius 2 is 1.71 bits per heavy atom. The molecule has 1 aromatic carbocycles. The Bertz CT molecular complexity index is 653. The van der Waals surface area contributed by atoms with Crippen molar-refractivity contribution in [1.82, 2.24) is 9.80 Å². The third kappa shape index (κ3) is 4.39. The summed E-state index contributed by atoms with van der Waals surface area (Å²) in [5, 5.41) is 0.749. The molecule has 0 N–H and O–H groups in total. The summed E-state index contributed by atoms with van der Waals surface area (Å²) in [6.45, 7) is 4.37. The van der Waals surface area contributed by atoms with Crippen molar-refractivity contribution in [2.24, 2.45) is 0 Å². The van der Waals surface area contributed by atoms with Gasteiger partial charge in [-0.15, -0.1) is 0 Å². The zero-order chi connectivity index (χ0) is 19.4. The highest BCUT2D eigenvalue weighted by Crippen LogP contribution is 2.43. The van der Waals surface area contributed by atoms with Gasteiger partial charge in [0.15, 0.2) is 0 Å². The van der Waals surface area contributed by atoms with Gasteiger partial charge in [0.1, 0.15) is 0 Å². The summed E-state index contributed by atoms with van der Waals surface area (Å²) < 4.78 is 0. The smallest absolute Gasteiger partial charge is 0.233 e. The largest absolute Gasteiger partial charge is 0.337 e. The Kier molecular flexibility index (Phi) is 6.90. The average Bonchev–Trinajstić information content (AvgIpc) is 3.11. The van der Waals surface area contributed by atoms with Crippen molar-refractivity contribution in [2.75, 3.05) is 37.7 Å². The first-order valence-corrected chi connectivity index (χ1v) is 12.6. The number of likely N-dealkylation sites (tertiary alicyclic amines) is 1. The molecule has 2 heterocycles. The lowest BCUT2D eigenvalue weighted by atomic mass is 9.77. The number of hydrogen-bond donors (Lipinski definition) is 0. The van der Waals surface area contributed by atoms with Gasteiger partial charge in [-0.1, -0.05) is 43.0 Å². The van der Waals surface area contributed by atoms with Crippen LogP contribution in [0.1, 0.15) is 56.9 Å². The zero-order valence-corrected chi connectivity index (χ0v) is 18.4. The number of nitrogens with zero attached hydrogens (tertiary/aromatic N) is 2. The van der Waals surface area contributed by atoms with E-state index in [1.54, 1.807) is 0 Å². The molecule has 28 heavy (non-hydrogen) atoms. The van der Waals surface area contributed by atoms with E-state index < -0.39 is 0 Å². The van der Waals surface area contributed by atoms with Crippen molar-refractivity contribution in [2.45, 2.75) is 62.8 Å². The summed E-state index contributed by atoms with van der Waals surface area (Å²) in [7, 11) is 0. The first kappa shape index (κ1) is 20.6. The average molecular weight is 421 g/mol. The van der Waals surface area contributed by atoms with E-state index in [9.17, 15) is 4.79 Å². The molecule has 1 unspecified atom stereocenters. The number of amides is 1. The maximum absolute atomic E-state index is 14.1. The highest BCUT2D eigenvalue weighted by atomic mass is 35.5. The molecule has 0 radical (unpaired) electrons. The predicted octanol–water partition coefficient (Wildman–Crippen LogP) is 4.97. The number of piperidine rings is 1. The summed E-state index contributed by atoms with van der Waals surface area (Å²) in [4.78, 5) is 19.0. The van der Waals surface area contributed by atoms with E-state index in [-0.39, 0.29) is 5.41 Å². The van der Waals surface area contributed by atoms with Gasteiger partial charge >= 0.3 is 0 Å². The Morgan fingerprint density at radius 3 is 2.43 bits per heavy atom. The minimum atomic E-state index is -0.334. The van der Waals surface area contributed by atoms with Gasteiger partial charge in [-0.2, -0.15) is 11.8 Å². The minimum absolute atomic E-state index is 0.334. The van der Waals surface area contributed by atoms with Gasteiger partial charge in [0.2, 0.25) is 5.91 Å². The van der Waals surface area contributed by atoms with E-state index in [1.165, 1.54) is 43.7 Å². The van der Waals surface area contributed by atoms with E-state index in [0.29, 0.717) is 11.9 Å². The van der Waals surface area contributed by atoms with Crippen LogP contribution < -0.4 is 0 Å². The number of thioether (sulfide) groups is 1. The van der Waals surface area contributed by atoms with Gasteiger partial charge in [-0.3, -0.25) is 4.79 Å². The van der Waals surface area contributed by atoms with Gasteiger partial charge in [0.05, 0.1) is 11.5 Å². The van der Waals surface area contributed by atoms with E-state index in [1.807, 2.05) is 23.9 Å². The molecule has 2 saturated heterocycles. The minimum Gasteiger partial charge on any atom is -0.337 e. The van der Waals surface area contributed by atoms with E-state index >= 15 is 0 Å². The van der Waals surface area contributed by atoms with Crippen LogP contribution in [0.2, 0.25) is 5.02 Å².